The number of aromatic nitrogens is 2. The molecule has 204 valence electrons. The van der Waals surface area contributed by atoms with Gasteiger partial charge >= 0.3 is 0 Å². The van der Waals surface area contributed by atoms with Crippen molar-refractivity contribution < 1.29 is 28.0 Å². The fourth-order valence-corrected chi connectivity index (χ4v) is 4.01. The molecule has 2 amide bonds. The van der Waals surface area contributed by atoms with Gasteiger partial charge in [-0.05, 0) is 61.6 Å². The summed E-state index contributed by atoms with van der Waals surface area (Å²) in [6.45, 7) is 5.38. The van der Waals surface area contributed by atoms with Crippen LogP contribution in [-0.4, -0.2) is 51.0 Å². The summed E-state index contributed by atoms with van der Waals surface area (Å²) in [5, 5.41) is 20.6. The van der Waals surface area contributed by atoms with Crippen LogP contribution >= 0.6 is 0 Å². The zero-order valence-electron chi connectivity index (χ0n) is 21.6. The van der Waals surface area contributed by atoms with E-state index in [4.69, 9.17) is 0 Å². The number of rotatable bonds is 11. The van der Waals surface area contributed by atoms with E-state index < -0.39 is 29.3 Å². The molecule has 2 heterocycles. The Morgan fingerprint density at radius 3 is 2.63 bits per heavy atom. The Morgan fingerprint density at radius 1 is 1.26 bits per heavy atom. The van der Waals surface area contributed by atoms with Gasteiger partial charge in [0.05, 0.1) is 6.54 Å². The van der Waals surface area contributed by atoms with Crippen molar-refractivity contribution in [3.63, 3.8) is 0 Å². The van der Waals surface area contributed by atoms with Crippen molar-refractivity contribution in [3.8, 4) is 0 Å². The molecule has 3 N–H and O–H groups in total. The Labute approximate surface area is 219 Å². The fourth-order valence-electron chi connectivity index (χ4n) is 4.01. The maximum absolute atomic E-state index is 14.1. The fraction of sp³-hybridized carbons (Fsp3) is 0.370. The third kappa shape index (κ3) is 7.65. The Kier molecular flexibility index (Phi) is 10.0. The van der Waals surface area contributed by atoms with Crippen LogP contribution in [0.25, 0.3) is 5.57 Å². The molecule has 1 aromatic carbocycles. The Bertz CT molecular complexity index is 1250. The van der Waals surface area contributed by atoms with Crippen LogP contribution in [0.4, 0.5) is 18.9 Å². The van der Waals surface area contributed by atoms with Crippen molar-refractivity contribution >= 4 is 23.1 Å². The number of anilines is 1. The number of nitrogens with zero attached hydrogens (tertiary/aromatic N) is 3. The number of benzene rings is 1. The highest BCUT2D eigenvalue weighted by Crippen LogP contribution is 2.30. The second-order valence-corrected chi connectivity index (χ2v) is 8.98. The third-order valence-corrected chi connectivity index (χ3v) is 5.93. The summed E-state index contributed by atoms with van der Waals surface area (Å²) in [7, 11) is 0. The first-order valence-corrected chi connectivity index (χ1v) is 12.4. The normalized spacial score (nSPS) is 16.2. The molecule has 0 radical (unpaired) electrons. The number of amides is 2. The lowest BCUT2D eigenvalue weighted by Gasteiger charge is -2.25. The maximum Gasteiger partial charge on any atom is 0.272 e. The van der Waals surface area contributed by atoms with Gasteiger partial charge in [0.25, 0.3) is 5.91 Å². The molecule has 0 saturated carbocycles. The second kappa shape index (κ2) is 13.2. The average Bonchev–Trinajstić information content (AvgIpc) is 3.22. The quantitative estimate of drug-likeness (QED) is 0.286. The zero-order chi connectivity index (χ0) is 27.8. The smallest absolute Gasteiger partial charge is 0.272 e. The van der Waals surface area contributed by atoms with E-state index >= 15 is 0 Å². The van der Waals surface area contributed by atoms with E-state index in [2.05, 4.69) is 15.7 Å². The van der Waals surface area contributed by atoms with Gasteiger partial charge in [-0.25, -0.2) is 13.2 Å². The molecule has 8 nitrogen and oxygen atoms in total. The van der Waals surface area contributed by atoms with E-state index in [0.29, 0.717) is 30.4 Å². The number of carbonyl (C=O) groups is 2. The topological polar surface area (TPSA) is 99.5 Å². The number of hydrogen-bond acceptors (Lipinski definition) is 5. The molecule has 0 bridgehead atoms. The minimum absolute atomic E-state index is 0.116. The highest BCUT2D eigenvalue weighted by atomic mass is 19.1. The molecule has 38 heavy (non-hydrogen) atoms. The lowest BCUT2D eigenvalue weighted by Crippen LogP contribution is -2.45. The SMILES string of the molecule is CC/C=C/C(F)=C\C=C(/C)c1nn2c(c1NC(=O)CN(O)CC)C(=O)NC(CCc1cc(F)cc(F)c1)C2. The summed E-state index contributed by atoms with van der Waals surface area (Å²) in [6, 6.07) is 2.91. The van der Waals surface area contributed by atoms with E-state index in [1.54, 1.807) is 19.9 Å². The largest absolute Gasteiger partial charge is 0.346 e. The van der Waals surface area contributed by atoms with Gasteiger partial charge in [-0.2, -0.15) is 10.2 Å². The average molecular weight is 532 g/mol. The van der Waals surface area contributed by atoms with Crippen LogP contribution in [0.2, 0.25) is 0 Å². The highest BCUT2D eigenvalue weighted by Gasteiger charge is 2.32. The number of hydroxylamine groups is 2. The maximum atomic E-state index is 14.1. The monoisotopic (exact) mass is 531 g/mol. The zero-order valence-corrected chi connectivity index (χ0v) is 21.6. The summed E-state index contributed by atoms with van der Waals surface area (Å²) < 4.78 is 42.6. The van der Waals surface area contributed by atoms with Gasteiger partial charge in [-0.3, -0.25) is 14.3 Å². The molecular formula is C27H32F3N5O3. The molecule has 3 rings (SSSR count). The van der Waals surface area contributed by atoms with Gasteiger partial charge in [0.2, 0.25) is 5.91 Å². The minimum atomic E-state index is -0.672. The third-order valence-electron chi connectivity index (χ3n) is 5.93. The van der Waals surface area contributed by atoms with Gasteiger partial charge in [-0.1, -0.05) is 26.0 Å². The van der Waals surface area contributed by atoms with Crippen molar-refractivity contribution in [2.75, 3.05) is 18.4 Å². The molecule has 1 aliphatic rings. The van der Waals surface area contributed by atoms with Crippen molar-refractivity contribution in [2.45, 2.75) is 52.6 Å². The Hall–Kier alpha value is -3.70. The molecule has 2 aromatic rings. The molecule has 1 unspecified atom stereocenters. The molecule has 0 spiro atoms. The molecule has 0 aliphatic carbocycles. The Balaban J connectivity index is 1.90. The van der Waals surface area contributed by atoms with E-state index in [1.807, 2.05) is 6.92 Å². The standard InChI is InChI=1S/C27H32F3N5O3/c1-4-6-7-19(28)10-8-17(3)24-25(32-23(36)16-34(38)5-2)26-27(37)31-22(15-35(26)33-24)11-9-18-12-20(29)14-21(30)13-18/h6-8,10,12-14,22,38H,4-5,9,11,15-16H2,1-3H3,(H,31,37)(H,32,36)/b7-6+,17-8+,19-10+. The number of carbonyl (C=O) groups excluding carboxylic acids is 2. The summed E-state index contributed by atoms with van der Waals surface area (Å²) in [5.74, 6) is -2.86. The molecular weight excluding hydrogens is 499 g/mol. The first kappa shape index (κ1) is 28.9. The predicted molar refractivity (Wildman–Crippen MR) is 138 cm³/mol. The number of hydrogen-bond donors (Lipinski definition) is 3. The number of allylic oxidation sites excluding steroid dienone is 6. The van der Waals surface area contributed by atoms with Gasteiger partial charge in [0.1, 0.15) is 35.4 Å². The number of likely N-dealkylation sites (N-methyl/N-ethyl adjacent to an activating group) is 1. The van der Waals surface area contributed by atoms with Crippen LogP contribution in [0.15, 0.2) is 48.3 Å². The predicted octanol–water partition coefficient (Wildman–Crippen LogP) is 4.78. The summed E-state index contributed by atoms with van der Waals surface area (Å²) in [4.78, 5) is 25.7. The number of halogens is 3. The van der Waals surface area contributed by atoms with E-state index in [0.717, 1.165) is 11.1 Å². The van der Waals surface area contributed by atoms with Crippen LogP contribution in [0.1, 0.15) is 55.4 Å². The van der Waals surface area contributed by atoms with Gasteiger partial charge in [0, 0.05) is 18.7 Å². The highest BCUT2D eigenvalue weighted by molar-refractivity contribution is 6.06. The van der Waals surface area contributed by atoms with Gasteiger partial charge in [-0.15, -0.1) is 0 Å². The molecule has 0 fully saturated rings. The van der Waals surface area contributed by atoms with Crippen molar-refractivity contribution in [1.82, 2.24) is 20.2 Å². The molecule has 1 aliphatic heterocycles. The van der Waals surface area contributed by atoms with Crippen LogP contribution in [0.3, 0.4) is 0 Å². The second-order valence-electron chi connectivity index (χ2n) is 8.98. The van der Waals surface area contributed by atoms with Crippen LogP contribution in [0.5, 0.6) is 0 Å². The molecule has 0 saturated heterocycles. The van der Waals surface area contributed by atoms with Gasteiger partial charge in [0.15, 0.2) is 5.69 Å². The number of aryl methyl sites for hydroxylation is 1. The molecule has 1 aromatic heterocycles. The van der Waals surface area contributed by atoms with Crippen LogP contribution < -0.4 is 10.6 Å². The lowest BCUT2D eigenvalue weighted by atomic mass is 10.0. The minimum Gasteiger partial charge on any atom is -0.346 e. The lowest BCUT2D eigenvalue weighted by molar-refractivity contribution is -0.132. The van der Waals surface area contributed by atoms with Crippen LogP contribution in [0, 0.1) is 11.6 Å². The van der Waals surface area contributed by atoms with Crippen molar-refractivity contribution in [1.29, 1.82) is 0 Å². The van der Waals surface area contributed by atoms with E-state index in [9.17, 15) is 28.0 Å². The summed E-state index contributed by atoms with van der Waals surface area (Å²) >= 11 is 0. The summed E-state index contributed by atoms with van der Waals surface area (Å²) in [5.41, 5.74) is 1.50. The molecule has 1 atom stereocenters. The number of fused-ring (bicyclic) bond motifs is 1. The van der Waals surface area contributed by atoms with E-state index in [-0.39, 0.29) is 42.8 Å². The van der Waals surface area contributed by atoms with Crippen molar-refractivity contribution in [2.24, 2.45) is 0 Å². The molecule has 11 heteroatoms. The summed E-state index contributed by atoms with van der Waals surface area (Å²) in [6.07, 6.45) is 7.17. The first-order chi connectivity index (χ1) is 18.1. The van der Waals surface area contributed by atoms with E-state index in [1.165, 1.54) is 35.0 Å². The first-order valence-electron chi connectivity index (χ1n) is 12.4. The Morgan fingerprint density at radius 2 is 1.97 bits per heavy atom. The van der Waals surface area contributed by atoms with Gasteiger partial charge < -0.3 is 15.8 Å². The number of nitrogens with one attached hydrogen (secondary N) is 2. The van der Waals surface area contributed by atoms with Crippen molar-refractivity contribution in [3.05, 3.63) is 76.9 Å². The van der Waals surface area contributed by atoms with Crippen LogP contribution in [-0.2, 0) is 17.8 Å².